The predicted molar refractivity (Wildman–Crippen MR) is 171 cm³/mol. The Morgan fingerprint density at radius 3 is 2.51 bits per heavy atom. The Hall–Kier alpha value is -4.19. The fraction of sp³-hybridized carbons (Fsp3) is 0.344. The van der Waals surface area contributed by atoms with Gasteiger partial charge in [0.15, 0.2) is 0 Å². The lowest BCUT2D eigenvalue weighted by molar-refractivity contribution is 0.0104. The summed E-state index contributed by atoms with van der Waals surface area (Å²) in [5.41, 5.74) is 3.61. The molecule has 1 aliphatic heterocycles. The third-order valence-corrected chi connectivity index (χ3v) is 7.74. The summed E-state index contributed by atoms with van der Waals surface area (Å²) in [4.78, 5) is 27.6. The van der Waals surface area contributed by atoms with E-state index >= 15 is 0 Å². The SMILES string of the molecule is CO[P+](=O)OCC(O)COCCCNC(=O)c1ccc(C(=O)O)c(-c2c3ccc(=[N+](C)C)cc-3oc3cc(N(C)C)ccc23)c1. The van der Waals surface area contributed by atoms with Gasteiger partial charge in [-0.3, -0.25) is 4.79 Å². The van der Waals surface area contributed by atoms with Crippen LogP contribution in [0.3, 0.4) is 0 Å². The molecule has 2 aromatic rings. The number of nitrogens with one attached hydrogen (secondary N) is 1. The molecule has 1 amide bonds. The normalized spacial score (nSPS) is 12.3. The Bertz CT molecular complexity index is 1750. The molecule has 0 aromatic heterocycles. The van der Waals surface area contributed by atoms with Crippen molar-refractivity contribution >= 4 is 36.8 Å². The van der Waals surface area contributed by atoms with Crippen LogP contribution in [-0.2, 0) is 18.3 Å². The molecule has 0 saturated heterocycles. The van der Waals surface area contributed by atoms with Gasteiger partial charge in [-0.25, -0.2) is 9.37 Å². The summed E-state index contributed by atoms with van der Waals surface area (Å²) < 4.78 is 34.1. The van der Waals surface area contributed by atoms with Gasteiger partial charge < -0.3 is 29.6 Å². The van der Waals surface area contributed by atoms with Crippen LogP contribution < -0.4 is 20.1 Å². The number of aliphatic hydroxyl groups excluding tert-OH is 1. The van der Waals surface area contributed by atoms with Crippen molar-refractivity contribution in [2.75, 3.05) is 66.6 Å². The van der Waals surface area contributed by atoms with Crippen LogP contribution in [0.5, 0.6) is 0 Å². The molecule has 2 atom stereocenters. The Morgan fingerprint density at radius 1 is 1.04 bits per heavy atom. The maximum absolute atomic E-state index is 13.2. The van der Waals surface area contributed by atoms with Crippen molar-refractivity contribution in [3.05, 3.63) is 71.1 Å². The number of carboxylic acid groups (broad SMARTS) is 1. The molecule has 0 bridgehead atoms. The number of rotatable bonds is 14. The van der Waals surface area contributed by atoms with E-state index in [2.05, 4.69) is 9.84 Å². The highest BCUT2D eigenvalue weighted by Gasteiger charge is 2.24. The van der Waals surface area contributed by atoms with Crippen LogP contribution in [0.25, 0.3) is 33.4 Å². The second-order valence-corrected chi connectivity index (χ2v) is 11.8. The van der Waals surface area contributed by atoms with E-state index in [0.717, 1.165) is 11.0 Å². The van der Waals surface area contributed by atoms with Crippen molar-refractivity contribution in [1.29, 1.82) is 0 Å². The molecule has 12 nitrogen and oxygen atoms in total. The molecule has 238 valence electrons. The van der Waals surface area contributed by atoms with Gasteiger partial charge in [-0.15, -0.1) is 9.05 Å². The number of fused-ring (bicyclic) bond motifs is 2. The van der Waals surface area contributed by atoms with Gasteiger partial charge in [0.1, 0.15) is 38.1 Å². The number of ether oxygens (including phenoxy) is 1. The first-order chi connectivity index (χ1) is 21.5. The van der Waals surface area contributed by atoms with Crippen molar-refractivity contribution in [3.8, 4) is 22.5 Å². The van der Waals surface area contributed by atoms with Crippen molar-refractivity contribution in [3.63, 3.8) is 0 Å². The molecule has 4 rings (SSSR count). The number of hydrogen-bond acceptors (Lipinski definition) is 9. The van der Waals surface area contributed by atoms with Crippen LogP contribution in [0, 0.1) is 0 Å². The second kappa shape index (κ2) is 15.2. The van der Waals surface area contributed by atoms with Gasteiger partial charge >= 0.3 is 14.2 Å². The van der Waals surface area contributed by atoms with E-state index < -0.39 is 20.3 Å². The first-order valence-electron chi connectivity index (χ1n) is 14.2. The summed E-state index contributed by atoms with van der Waals surface area (Å²) in [6, 6.07) is 16.0. The average Bonchev–Trinajstić information content (AvgIpc) is 3.02. The van der Waals surface area contributed by atoms with E-state index in [1.807, 2.05) is 74.1 Å². The van der Waals surface area contributed by atoms with Crippen LogP contribution in [0.1, 0.15) is 27.1 Å². The standard InChI is InChI=1S/C32H36N3O9P/c1-34(2)21-8-11-25-28(16-21)44-29-17-22(35(3)4)9-12-26(29)30(25)27-15-20(7-10-24(27)32(38)39)31(37)33-13-6-14-42-18-23(36)19-43-45(40)41-5/h7-12,15-17,23,36H,6,13-14,18-19H2,1-5H3/p+2. The summed E-state index contributed by atoms with van der Waals surface area (Å²) >= 11 is 0. The predicted octanol–water partition coefficient (Wildman–Crippen LogP) is 3.82. The van der Waals surface area contributed by atoms with Crippen LogP contribution >= 0.6 is 8.25 Å². The maximum atomic E-state index is 13.2. The number of benzene rings is 3. The second-order valence-electron chi connectivity index (χ2n) is 10.7. The molecule has 13 heteroatoms. The lowest BCUT2D eigenvalue weighted by atomic mass is 9.89. The average molecular weight is 640 g/mol. The Labute approximate surface area is 261 Å². The molecule has 2 unspecified atom stereocenters. The van der Waals surface area contributed by atoms with Crippen molar-refractivity contribution in [1.82, 2.24) is 9.89 Å². The molecule has 0 fully saturated rings. The van der Waals surface area contributed by atoms with Gasteiger partial charge in [0.05, 0.1) is 25.3 Å². The van der Waals surface area contributed by atoms with Crippen LogP contribution in [0.15, 0.2) is 59.0 Å². The lowest BCUT2D eigenvalue weighted by Crippen LogP contribution is -2.26. The van der Waals surface area contributed by atoms with E-state index in [1.54, 1.807) is 6.07 Å². The van der Waals surface area contributed by atoms with E-state index in [4.69, 9.17) is 13.7 Å². The number of aromatic carboxylic acids is 1. The molecule has 0 spiro atoms. The summed E-state index contributed by atoms with van der Waals surface area (Å²) in [5.74, 6) is -0.910. The Morgan fingerprint density at radius 2 is 1.82 bits per heavy atom. The minimum absolute atomic E-state index is 0.0296. The fourth-order valence-corrected chi connectivity index (χ4v) is 5.14. The van der Waals surface area contributed by atoms with E-state index in [0.29, 0.717) is 45.4 Å². The van der Waals surface area contributed by atoms with Crippen molar-refractivity contribution < 1.29 is 42.6 Å². The van der Waals surface area contributed by atoms with Crippen LogP contribution in [0.2, 0.25) is 0 Å². The first kappa shape index (κ1) is 33.7. The molecule has 1 heterocycles. The zero-order valence-corrected chi connectivity index (χ0v) is 26.8. The number of amides is 1. The highest BCUT2D eigenvalue weighted by molar-refractivity contribution is 7.33. The monoisotopic (exact) mass is 639 g/mol. The maximum Gasteiger partial charge on any atom is 0.697 e. The molecular weight excluding hydrogens is 601 g/mol. The molecule has 0 radical (unpaired) electrons. The number of anilines is 1. The molecule has 2 aliphatic rings. The number of carbonyl (C=O) groups excluding carboxylic acids is 1. The van der Waals surface area contributed by atoms with E-state index in [9.17, 15) is 24.4 Å². The molecular formula is C32H38N3O9P+2. The topological polar surface area (TPSA) is 151 Å². The first-order valence-corrected chi connectivity index (χ1v) is 15.3. The zero-order valence-electron chi connectivity index (χ0n) is 25.9. The number of hydrogen-bond donors (Lipinski definition) is 3. The van der Waals surface area contributed by atoms with Gasteiger partial charge in [0.2, 0.25) is 5.36 Å². The van der Waals surface area contributed by atoms with Gasteiger partial charge in [-0.05, 0) is 48.4 Å². The third kappa shape index (κ3) is 8.30. The van der Waals surface area contributed by atoms with Crippen LogP contribution in [0.4, 0.5) is 5.69 Å². The summed E-state index contributed by atoms with van der Waals surface area (Å²) in [6.07, 6.45) is -0.509. The smallest absolute Gasteiger partial charge is 0.478 e. The molecule has 1 aliphatic carbocycles. The Balaban J connectivity index is 1.62. The summed E-state index contributed by atoms with van der Waals surface area (Å²) in [7, 11) is 6.68. The highest BCUT2D eigenvalue weighted by atomic mass is 31.1. The molecule has 3 N–H and O–H groups in total. The summed E-state index contributed by atoms with van der Waals surface area (Å²) in [6.45, 7) is 0.320. The third-order valence-electron chi connectivity index (χ3n) is 7.09. The quantitative estimate of drug-likeness (QED) is 0.0804. The van der Waals surface area contributed by atoms with Gasteiger partial charge in [-0.2, -0.15) is 0 Å². The largest absolute Gasteiger partial charge is 0.697 e. The van der Waals surface area contributed by atoms with Gasteiger partial charge in [0, 0.05) is 71.7 Å². The van der Waals surface area contributed by atoms with Crippen LogP contribution in [-0.4, -0.2) is 89.9 Å². The van der Waals surface area contributed by atoms with Crippen molar-refractivity contribution in [2.24, 2.45) is 0 Å². The molecule has 45 heavy (non-hydrogen) atoms. The number of carbonyl (C=O) groups is 2. The minimum atomic E-state index is -2.27. The minimum Gasteiger partial charge on any atom is -0.478 e. The summed E-state index contributed by atoms with van der Waals surface area (Å²) in [5, 5.41) is 24.5. The van der Waals surface area contributed by atoms with E-state index in [-0.39, 0.29) is 37.8 Å². The fourth-order valence-electron chi connectivity index (χ4n) is 4.74. The number of carboxylic acids is 1. The van der Waals surface area contributed by atoms with E-state index in [1.165, 1.54) is 19.2 Å². The van der Waals surface area contributed by atoms with Crippen molar-refractivity contribution in [2.45, 2.75) is 12.5 Å². The van der Waals surface area contributed by atoms with Gasteiger partial charge in [0.25, 0.3) is 5.91 Å². The number of aliphatic hydroxyl groups is 1. The zero-order chi connectivity index (χ0) is 32.7. The molecule has 0 saturated carbocycles. The lowest BCUT2D eigenvalue weighted by Gasteiger charge is -2.19. The number of nitrogens with zero attached hydrogens (tertiary/aromatic N) is 2. The molecule has 2 aromatic carbocycles. The van der Waals surface area contributed by atoms with Gasteiger partial charge in [-0.1, -0.05) is 0 Å². The highest BCUT2D eigenvalue weighted by Crippen LogP contribution is 2.42. The Kier molecular flexibility index (Phi) is 11.4.